The molecule has 1 fully saturated rings. The number of hydrogen-bond acceptors (Lipinski definition) is 2. The molecule has 0 bridgehead atoms. The van der Waals surface area contributed by atoms with Crippen LogP contribution in [0.5, 0.6) is 0 Å². The van der Waals surface area contributed by atoms with Gasteiger partial charge < -0.3 is 9.80 Å². The van der Waals surface area contributed by atoms with E-state index in [1.165, 1.54) is 0 Å². The zero-order chi connectivity index (χ0) is 16.1. The molecule has 4 nitrogen and oxygen atoms in total. The van der Waals surface area contributed by atoms with E-state index < -0.39 is 0 Å². The Hall–Kier alpha value is -2.62. The second kappa shape index (κ2) is 7.09. The Morgan fingerprint density at radius 3 is 2.22 bits per heavy atom. The summed E-state index contributed by atoms with van der Waals surface area (Å²) in [4.78, 5) is 28.4. The van der Waals surface area contributed by atoms with Crippen molar-refractivity contribution in [2.75, 3.05) is 24.5 Å². The van der Waals surface area contributed by atoms with Crippen molar-refractivity contribution in [1.82, 2.24) is 4.90 Å². The predicted molar refractivity (Wildman–Crippen MR) is 90.1 cm³/mol. The fourth-order valence-electron chi connectivity index (χ4n) is 2.84. The SMILES string of the molecule is O=C(Cc1ccccc1)N1CCC(=O)N(c2ccccc2)CC1. The highest BCUT2D eigenvalue weighted by Crippen LogP contribution is 2.17. The van der Waals surface area contributed by atoms with Crippen molar-refractivity contribution in [2.24, 2.45) is 0 Å². The highest BCUT2D eigenvalue weighted by Gasteiger charge is 2.24. The first-order valence-corrected chi connectivity index (χ1v) is 7.91. The summed E-state index contributed by atoms with van der Waals surface area (Å²) in [5.74, 6) is 0.158. The Labute approximate surface area is 136 Å². The summed E-state index contributed by atoms with van der Waals surface area (Å²) in [5, 5.41) is 0. The van der Waals surface area contributed by atoms with Crippen molar-refractivity contribution in [3.8, 4) is 0 Å². The van der Waals surface area contributed by atoms with E-state index in [4.69, 9.17) is 0 Å². The monoisotopic (exact) mass is 308 g/mol. The zero-order valence-electron chi connectivity index (χ0n) is 13.0. The third-order valence-electron chi connectivity index (χ3n) is 4.11. The molecule has 3 rings (SSSR count). The molecule has 118 valence electrons. The number of hydrogen-bond donors (Lipinski definition) is 0. The Morgan fingerprint density at radius 1 is 0.870 bits per heavy atom. The first kappa shape index (κ1) is 15.3. The van der Waals surface area contributed by atoms with Crippen LogP contribution in [0.2, 0.25) is 0 Å². The highest BCUT2D eigenvalue weighted by atomic mass is 16.2. The number of nitrogens with zero attached hydrogens (tertiary/aromatic N) is 2. The van der Waals surface area contributed by atoms with Crippen molar-refractivity contribution in [1.29, 1.82) is 0 Å². The maximum Gasteiger partial charge on any atom is 0.228 e. The van der Waals surface area contributed by atoms with Gasteiger partial charge in [-0.2, -0.15) is 0 Å². The van der Waals surface area contributed by atoms with Gasteiger partial charge in [0, 0.05) is 31.7 Å². The van der Waals surface area contributed by atoms with Crippen LogP contribution in [0, 0.1) is 0 Å². The van der Waals surface area contributed by atoms with E-state index in [-0.39, 0.29) is 11.8 Å². The fraction of sp³-hybridized carbons (Fsp3) is 0.263. The average Bonchev–Trinajstić information content (AvgIpc) is 2.78. The van der Waals surface area contributed by atoms with Crippen molar-refractivity contribution < 1.29 is 9.59 Å². The van der Waals surface area contributed by atoms with Crippen molar-refractivity contribution >= 4 is 17.5 Å². The van der Waals surface area contributed by atoms with Crippen LogP contribution in [-0.2, 0) is 16.0 Å². The lowest BCUT2D eigenvalue weighted by atomic mass is 10.1. The van der Waals surface area contributed by atoms with Crippen molar-refractivity contribution in [2.45, 2.75) is 12.8 Å². The molecule has 2 aromatic carbocycles. The molecule has 0 aromatic heterocycles. The Balaban J connectivity index is 1.66. The minimum absolute atomic E-state index is 0.0752. The molecule has 0 radical (unpaired) electrons. The normalized spacial score (nSPS) is 15.4. The lowest BCUT2D eigenvalue weighted by Gasteiger charge is -2.22. The van der Waals surface area contributed by atoms with E-state index in [0.29, 0.717) is 32.5 Å². The van der Waals surface area contributed by atoms with Gasteiger partial charge in [-0.25, -0.2) is 0 Å². The molecule has 23 heavy (non-hydrogen) atoms. The molecule has 0 aliphatic carbocycles. The quantitative estimate of drug-likeness (QED) is 0.874. The van der Waals surface area contributed by atoms with Gasteiger partial charge in [0.15, 0.2) is 0 Å². The van der Waals surface area contributed by atoms with E-state index >= 15 is 0 Å². The summed E-state index contributed by atoms with van der Waals surface area (Å²) in [5.41, 5.74) is 1.91. The smallest absolute Gasteiger partial charge is 0.228 e. The van der Waals surface area contributed by atoms with E-state index in [1.54, 1.807) is 9.80 Å². The van der Waals surface area contributed by atoms with E-state index in [9.17, 15) is 9.59 Å². The number of para-hydroxylation sites is 1. The third kappa shape index (κ3) is 3.77. The summed E-state index contributed by atoms with van der Waals surface area (Å²) < 4.78 is 0. The molecular weight excluding hydrogens is 288 g/mol. The van der Waals surface area contributed by atoms with E-state index in [0.717, 1.165) is 11.3 Å². The van der Waals surface area contributed by atoms with Crippen LogP contribution in [0.25, 0.3) is 0 Å². The van der Waals surface area contributed by atoms with E-state index in [1.807, 2.05) is 60.7 Å². The second-order valence-corrected chi connectivity index (χ2v) is 5.67. The standard InChI is InChI=1S/C19H20N2O2/c22-18-11-12-20(19(23)15-16-7-3-1-4-8-16)13-14-21(18)17-9-5-2-6-10-17/h1-10H,11-15H2. The molecule has 2 aromatic rings. The van der Waals surface area contributed by atoms with E-state index in [2.05, 4.69) is 0 Å². The van der Waals surface area contributed by atoms with Gasteiger partial charge in [0.1, 0.15) is 0 Å². The minimum Gasteiger partial charge on any atom is -0.340 e. The number of rotatable bonds is 3. The molecule has 0 unspecified atom stereocenters. The molecule has 0 N–H and O–H groups in total. The topological polar surface area (TPSA) is 40.6 Å². The third-order valence-corrected chi connectivity index (χ3v) is 4.11. The maximum atomic E-state index is 12.5. The summed E-state index contributed by atoms with van der Waals surface area (Å²) in [6.07, 6.45) is 0.760. The van der Waals surface area contributed by atoms with Gasteiger partial charge in [-0.3, -0.25) is 9.59 Å². The zero-order valence-corrected chi connectivity index (χ0v) is 13.0. The van der Waals surface area contributed by atoms with Gasteiger partial charge >= 0.3 is 0 Å². The molecule has 0 atom stereocenters. The molecule has 0 saturated carbocycles. The number of carbonyl (C=O) groups is 2. The second-order valence-electron chi connectivity index (χ2n) is 5.67. The van der Waals surface area contributed by atoms with Crippen LogP contribution in [0.15, 0.2) is 60.7 Å². The van der Waals surface area contributed by atoms with Crippen LogP contribution in [-0.4, -0.2) is 36.3 Å². The first-order valence-electron chi connectivity index (χ1n) is 7.91. The van der Waals surface area contributed by atoms with Crippen LogP contribution in [0.4, 0.5) is 5.69 Å². The molecule has 0 spiro atoms. The van der Waals surface area contributed by atoms with Gasteiger partial charge in [0.2, 0.25) is 11.8 Å². The Bertz CT molecular complexity index is 670. The predicted octanol–water partition coefficient (Wildman–Crippen LogP) is 2.49. The Morgan fingerprint density at radius 2 is 1.52 bits per heavy atom. The van der Waals surface area contributed by atoms with Gasteiger partial charge in [0.25, 0.3) is 0 Å². The maximum absolute atomic E-state index is 12.5. The van der Waals surface area contributed by atoms with Crippen molar-refractivity contribution in [3.05, 3.63) is 66.2 Å². The molecule has 1 saturated heterocycles. The van der Waals surface area contributed by atoms with Gasteiger partial charge in [0.05, 0.1) is 6.42 Å². The number of carbonyl (C=O) groups excluding carboxylic acids is 2. The number of anilines is 1. The number of amides is 2. The van der Waals surface area contributed by atoms with Gasteiger partial charge in [-0.1, -0.05) is 48.5 Å². The van der Waals surface area contributed by atoms with Crippen LogP contribution in [0.1, 0.15) is 12.0 Å². The summed E-state index contributed by atoms with van der Waals surface area (Å²) in [7, 11) is 0. The number of benzene rings is 2. The molecule has 1 heterocycles. The lowest BCUT2D eigenvalue weighted by Crippen LogP contribution is -2.36. The lowest BCUT2D eigenvalue weighted by molar-refractivity contribution is -0.130. The summed E-state index contributed by atoms with van der Waals surface area (Å²) >= 11 is 0. The van der Waals surface area contributed by atoms with Gasteiger partial charge in [-0.15, -0.1) is 0 Å². The first-order chi connectivity index (χ1) is 11.2. The average molecular weight is 308 g/mol. The molecule has 4 heteroatoms. The highest BCUT2D eigenvalue weighted by molar-refractivity contribution is 5.94. The molecule has 1 aliphatic rings. The van der Waals surface area contributed by atoms with Crippen LogP contribution >= 0.6 is 0 Å². The molecule has 2 amide bonds. The molecular formula is C19H20N2O2. The van der Waals surface area contributed by atoms with Gasteiger partial charge in [-0.05, 0) is 17.7 Å². The minimum atomic E-state index is 0.0752. The van der Waals surface area contributed by atoms with Crippen molar-refractivity contribution in [3.63, 3.8) is 0 Å². The van der Waals surface area contributed by atoms with Crippen LogP contribution < -0.4 is 4.90 Å². The van der Waals surface area contributed by atoms with Crippen LogP contribution in [0.3, 0.4) is 0 Å². The fourth-order valence-corrected chi connectivity index (χ4v) is 2.84. The Kier molecular flexibility index (Phi) is 4.71. The summed E-state index contributed by atoms with van der Waals surface area (Å²) in [6.45, 7) is 1.61. The summed E-state index contributed by atoms with van der Waals surface area (Å²) in [6, 6.07) is 19.4. The molecule has 1 aliphatic heterocycles. The largest absolute Gasteiger partial charge is 0.340 e.